The van der Waals surface area contributed by atoms with Crippen LogP contribution in [-0.2, 0) is 10.1 Å². The molecule has 1 aliphatic rings. The SMILES string of the molecule is Cc1ccc(C)c(N(C)c2ccc3c(c2)Oc2cc(N(C)c4cc(C)ccc4C)ccc2C3c2ccccc2S(=O)(=O)O)c1. The fraction of sp³-hybridized carbons (Fsp3) is 0.189. The zero-order chi connectivity index (χ0) is 31.3. The molecule has 5 aromatic carbocycles. The largest absolute Gasteiger partial charge is 0.457 e. The fourth-order valence-corrected chi connectivity index (χ4v) is 6.87. The Morgan fingerprint density at radius 1 is 0.614 bits per heavy atom. The predicted molar refractivity (Wildman–Crippen MR) is 178 cm³/mol. The van der Waals surface area contributed by atoms with Crippen molar-refractivity contribution in [3.05, 3.63) is 136 Å². The Labute approximate surface area is 259 Å². The van der Waals surface area contributed by atoms with Crippen LogP contribution in [-0.4, -0.2) is 27.1 Å². The van der Waals surface area contributed by atoms with Gasteiger partial charge < -0.3 is 14.5 Å². The van der Waals surface area contributed by atoms with Gasteiger partial charge in [0, 0.05) is 66.0 Å². The van der Waals surface area contributed by atoms with Crippen LogP contribution >= 0.6 is 0 Å². The number of aryl methyl sites for hydroxylation is 4. The van der Waals surface area contributed by atoms with E-state index in [9.17, 15) is 13.0 Å². The molecule has 0 bridgehead atoms. The summed E-state index contributed by atoms with van der Waals surface area (Å²) < 4.78 is 42.0. The van der Waals surface area contributed by atoms with E-state index in [1.807, 2.05) is 50.5 Å². The quantitative estimate of drug-likeness (QED) is 0.191. The lowest BCUT2D eigenvalue weighted by Crippen LogP contribution is -2.17. The van der Waals surface area contributed by atoms with Crippen molar-refractivity contribution in [2.24, 2.45) is 0 Å². The second-order valence-electron chi connectivity index (χ2n) is 11.7. The molecule has 0 atom stereocenters. The maximum atomic E-state index is 12.6. The highest BCUT2D eigenvalue weighted by Crippen LogP contribution is 2.51. The fourth-order valence-electron chi connectivity index (χ4n) is 6.13. The smallest absolute Gasteiger partial charge is 0.294 e. The standard InChI is InChI=1S/C37H36N2O4S/c1-23-11-13-25(3)32(19-23)38(5)27-15-17-29-34(21-27)43-35-22-28(39(6)33-20-24(2)12-14-26(33)4)16-18-30(35)37(29)31-9-7-8-10-36(31)44(40,41)42/h7-22,37H,1-6H3,(H,40,41,42). The Hall–Kier alpha value is -4.59. The Morgan fingerprint density at radius 2 is 1.09 bits per heavy atom. The van der Waals surface area contributed by atoms with E-state index in [2.05, 4.69) is 73.9 Å². The third-order valence-electron chi connectivity index (χ3n) is 8.57. The predicted octanol–water partition coefficient (Wildman–Crippen LogP) is 8.99. The number of hydrogen-bond donors (Lipinski definition) is 1. The van der Waals surface area contributed by atoms with E-state index in [0.29, 0.717) is 17.1 Å². The van der Waals surface area contributed by atoms with E-state index in [1.54, 1.807) is 18.2 Å². The third kappa shape index (κ3) is 5.34. The van der Waals surface area contributed by atoms with Crippen LogP contribution in [0.3, 0.4) is 0 Å². The van der Waals surface area contributed by atoms with Crippen LogP contribution in [0.2, 0.25) is 0 Å². The van der Waals surface area contributed by atoms with Gasteiger partial charge in [0.15, 0.2) is 0 Å². The van der Waals surface area contributed by atoms with E-state index in [0.717, 1.165) is 45.0 Å². The van der Waals surface area contributed by atoms with E-state index in [1.165, 1.54) is 17.2 Å². The van der Waals surface area contributed by atoms with Crippen molar-refractivity contribution < 1.29 is 17.7 Å². The lowest BCUT2D eigenvalue weighted by atomic mass is 9.82. The van der Waals surface area contributed by atoms with Crippen molar-refractivity contribution in [1.82, 2.24) is 0 Å². The van der Waals surface area contributed by atoms with Crippen molar-refractivity contribution in [2.75, 3.05) is 23.9 Å². The van der Waals surface area contributed by atoms with Crippen molar-refractivity contribution >= 4 is 32.9 Å². The van der Waals surface area contributed by atoms with Gasteiger partial charge in [-0.2, -0.15) is 8.42 Å². The minimum atomic E-state index is -4.48. The van der Waals surface area contributed by atoms with Gasteiger partial charge in [0.05, 0.1) is 4.90 Å². The molecule has 0 unspecified atom stereocenters. The molecule has 0 saturated heterocycles. The maximum absolute atomic E-state index is 12.6. The minimum Gasteiger partial charge on any atom is -0.457 e. The highest BCUT2D eigenvalue weighted by Gasteiger charge is 2.33. The molecule has 0 saturated carbocycles. The van der Waals surface area contributed by atoms with E-state index >= 15 is 0 Å². The highest BCUT2D eigenvalue weighted by molar-refractivity contribution is 7.85. The summed E-state index contributed by atoms with van der Waals surface area (Å²) in [5.74, 6) is 0.787. The summed E-state index contributed by atoms with van der Waals surface area (Å²) in [6, 6.07) is 31.4. The molecule has 1 aliphatic heterocycles. The summed E-state index contributed by atoms with van der Waals surface area (Å²) in [5.41, 5.74) is 10.8. The first-order valence-corrected chi connectivity index (χ1v) is 16.0. The number of fused-ring (bicyclic) bond motifs is 2. The summed E-state index contributed by atoms with van der Waals surface area (Å²) in [4.78, 5) is 4.15. The lowest BCUT2D eigenvalue weighted by molar-refractivity contribution is 0.451. The topological polar surface area (TPSA) is 70.1 Å². The van der Waals surface area contributed by atoms with Gasteiger partial charge in [-0.25, -0.2) is 0 Å². The van der Waals surface area contributed by atoms with Gasteiger partial charge in [-0.15, -0.1) is 0 Å². The number of hydrogen-bond acceptors (Lipinski definition) is 5. The van der Waals surface area contributed by atoms with Crippen molar-refractivity contribution in [3.8, 4) is 11.5 Å². The molecule has 0 fully saturated rings. The number of benzene rings is 5. The highest BCUT2D eigenvalue weighted by atomic mass is 32.2. The summed E-state index contributed by atoms with van der Waals surface area (Å²) in [6.45, 7) is 8.33. The first-order chi connectivity index (χ1) is 20.9. The number of anilines is 4. The second kappa shape index (κ2) is 11.2. The molecule has 1 heterocycles. The van der Waals surface area contributed by atoms with Crippen LogP contribution in [0.5, 0.6) is 11.5 Å². The molecule has 1 N–H and O–H groups in total. The average molecular weight is 605 g/mol. The summed E-state index contributed by atoms with van der Waals surface area (Å²) in [5, 5.41) is 0. The van der Waals surface area contributed by atoms with Crippen molar-refractivity contribution in [2.45, 2.75) is 38.5 Å². The van der Waals surface area contributed by atoms with Crippen LogP contribution in [0.15, 0.2) is 102 Å². The first kappa shape index (κ1) is 29.5. The normalized spacial score (nSPS) is 12.7. The maximum Gasteiger partial charge on any atom is 0.294 e. The second-order valence-corrected chi connectivity index (χ2v) is 13.1. The molecule has 44 heavy (non-hydrogen) atoms. The molecule has 5 aromatic rings. The molecule has 0 aliphatic carbocycles. The average Bonchev–Trinajstić information content (AvgIpc) is 3.00. The van der Waals surface area contributed by atoms with Gasteiger partial charge in [0.25, 0.3) is 10.1 Å². The lowest BCUT2D eigenvalue weighted by Gasteiger charge is -2.32. The molecule has 0 spiro atoms. The summed E-state index contributed by atoms with van der Waals surface area (Å²) in [6.07, 6.45) is 0. The Bertz CT molecular complexity index is 1910. The Kier molecular flexibility index (Phi) is 7.48. The van der Waals surface area contributed by atoms with Gasteiger partial charge in [-0.05, 0) is 85.8 Å². The van der Waals surface area contributed by atoms with Crippen LogP contribution in [0.25, 0.3) is 0 Å². The monoisotopic (exact) mass is 604 g/mol. The molecule has 7 heteroatoms. The van der Waals surface area contributed by atoms with Crippen LogP contribution in [0, 0.1) is 27.7 Å². The number of nitrogens with zero attached hydrogens (tertiary/aromatic N) is 2. The van der Waals surface area contributed by atoms with Crippen LogP contribution in [0.4, 0.5) is 22.7 Å². The van der Waals surface area contributed by atoms with Gasteiger partial charge in [-0.1, -0.05) is 54.6 Å². The Morgan fingerprint density at radius 3 is 1.57 bits per heavy atom. The molecule has 0 radical (unpaired) electrons. The van der Waals surface area contributed by atoms with Gasteiger partial charge in [0.2, 0.25) is 0 Å². The number of ether oxygens (including phenoxy) is 1. The molecular weight excluding hydrogens is 568 g/mol. The molecule has 0 aromatic heterocycles. The van der Waals surface area contributed by atoms with Crippen LogP contribution in [0.1, 0.15) is 44.9 Å². The molecule has 0 amide bonds. The third-order valence-corrected chi connectivity index (χ3v) is 9.50. The van der Waals surface area contributed by atoms with E-state index in [-0.39, 0.29) is 4.90 Å². The zero-order valence-electron chi connectivity index (χ0n) is 25.8. The zero-order valence-corrected chi connectivity index (χ0v) is 26.6. The van der Waals surface area contributed by atoms with Crippen molar-refractivity contribution in [3.63, 3.8) is 0 Å². The molecular formula is C37H36N2O4S. The molecule has 6 rings (SSSR count). The van der Waals surface area contributed by atoms with Gasteiger partial charge in [0.1, 0.15) is 11.5 Å². The molecule has 6 nitrogen and oxygen atoms in total. The molecule has 224 valence electrons. The first-order valence-electron chi connectivity index (χ1n) is 14.6. The van der Waals surface area contributed by atoms with Gasteiger partial charge in [-0.3, -0.25) is 4.55 Å². The summed E-state index contributed by atoms with van der Waals surface area (Å²) >= 11 is 0. The van der Waals surface area contributed by atoms with Crippen LogP contribution < -0.4 is 14.5 Å². The Balaban J connectivity index is 1.52. The summed E-state index contributed by atoms with van der Waals surface area (Å²) in [7, 11) is -0.417. The van der Waals surface area contributed by atoms with E-state index < -0.39 is 16.0 Å². The number of rotatable bonds is 6. The van der Waals surface area contributed by atoms with Crippen molar-refractivity contribution in [1.29, 1.82) is 0 Å². The van der Waals surface area contributed by atoms with E-state index in [4.69, 9.17) is 4.74 Å². The van der Waals surface area contributed by atoms with Gasteiger partial charge >= 0.3 is 0 Å². The minimum absolute atomic E-state index is 0.114.